The van der Waals surface area contributed by atoms with E-state index >= 15 is 0 Å². The van der Waals surface area contributed by atoms with Gasteiger partial charge in [-0.3, -0.25) is 20.2 Å². The Balaban J connectivity index is 2.08. The molecule has 1 aromatic heterocycles. The lowest BCUT2D eigenvalue weighted by molar-refractivity contribution is -0.385. The highest BCUT2D eigenvalue weighted by molar-refractivity contribution is 7.80. The smallest absolute Gasteiger partial charge is 0.293 e. The molecule has 0 aliphatic rings. The topological polar surface area (TPSA) is 97.4 Å². The second-order valence-electron chi connectivity index (χ2n) is 4.09. The molecule has 21 heavy (non-hydrogen) atoms. The van der Waals surface area contributed by atoms with E-state index in [1.54, 1.807) is 19.1 Å². The third kappa shape index (κ3) is 3.42. The number of furan rings is 1. The van der Waals surface area contributed by atoms with Gasteiger partial charge in [-0.1, -0.05) is 6.07 Å². The molecule has 0 radical (unpaired) electrons. The van der Waals surface area contributed by atoms with Crippen molar-refractivity contribution in [3.63, 3.8) is 0 Å². The van der Waals surface area contributed by atoms with Crippen LogP contribution in [0.3, 0.4) is 0 Å². The molecular weight excluding hydrogens is 294 g/mol. The summed E-state index contributed by atoms with van der Waals surface area (Å²) in [4.78, 5) is 22.1. The summed E-state index contributed by atoms with van der Waals surface area (Å²) >= 11 is 5.00. The van der Waals surface area contributed by atoms with Gasteiger partial charge >= 0.3 is 0 Å². The number of benzene rings is 1. The van der Waals surface area contributed by atoms with E-state index in [1.165, 1.54) is 24.5 Å². The van der Waals surface area contributed by atoms with Crippen LogP contribution in [0.1, 0.15) is 16.1 Å². The number of carbonyl (C=O) groups is 1. The molecule has 0 unspecified atom stereocenters. The summed E-state index contributed by atoms with van der Waals surface area (Å²) < 4.78 is 4.93. The highest BCUT2D eigenvalue weighted by Gasteiger charge is 2.15. The molecule has 0 fully saturated rings. The molecule has 0 atom stereocenters. The van der Waals surface area contributed by atoms with Crippen LogP contribution in [0, 0.1) is 17.0 Å². The number of nitro benzene ring substituents is 1. The lowest BCUT2D eigenvalue weighted by Gasteiger charge is -2.11. The zero-order chi connectivity index (χ0) is 15.4. The highest BCUT2D eigenvalue weighted by Crippen LogP contribution is 2.24. The maximum atomic E-state index is 11.7. The Morgan fingerprint density at radius 3 is 2.71 bits per heavy atom. The molecule has 0 bridgehead atoms. The molecule has 1 aromatic carbocycles. The minimum atomic E-state index is -0.499. The summed E-state index contributed by atoms with van der Waals surface area (Å²) in [5.41, 5.74) is 0.853. The Morgan fingerprint density at radius 1 is 1.33 bits per heavy atom. The fraction of sp³-hybridized carbons (Fsp3) is 0.0769. The molecule has 108 valence electrons. The van der Waals surface area contributed by atoms with E-state index in [9.17, 15) is 14.9 Å². The van der Waals surface area contributed by atoms with Crippen LogP contribution in [-0.2, 0) is 0 Å². The maximum absolute atomic E-state index is 11.7. The average Bonchev–Trinajstić information content (AvgIpc) is 2.94. The molecule has 1 heterocycles. The SMILES string of the molecule is Cc1c(NC(=S)NC(=O)c2ccco2)cccc1[N+](=O)[O-]. The third-order valence-electron chi connectivity index (χ3n) is 2.72. The van der Waals surface area contributed by atoms with Gasteiger partial charge in [-0.2, -0.15) is 0 Å². The largest absolute Gasteiger partial charge is 0.459 e. The Hall–Kier alpha value is -2.74. The van der Waals surface area contributed by atoms with Crippen molar-refractivity contribution in [1.29, 1.82) is 0 Å². The van der Waals surface area contributed by atoms with Gasteiger partial charge in [0.05, 0.1) is 22.4 Å². The van der Waals surface area contributed by atoms with Crippen molar-refractivity contribution in [3.8, 4) is 0 Å². The fourth-order valence-corrected chi connectivity index (χ4v) is 1.89. The Morgan fingerprint density at radius 2 is 2.10 bits per heavy atom. The van der Waals surface area contributed by atoms with Crippen LogP contribution in [0.2, 0.25) is 0 Å². The molecule has 1 amide bonds. The molecule has 0 spiro atoms. The number of thiocarbonyl (C=S) groups is 1. The molecule has 2 aromatic rings. The van der Waals surface area contributed by atoms with Crippen LogP contribution in [0.25, 0.3) is 0 Å². The summed E-state index contributed by atoms with van der Waals surface area (Å²) in [6, 6.07) is 7.63. The molecule has 2 N–H and O–H groups in total. The third-order valence-corrected chi connectivity index (χ3v) is 2.93. The van der Waals surface area contributed by atoms with Crippen LogP contribution in [-0.4, -0.2) is 15.9 Å². The number of rotatable bonds is 3. The predicted octanol–water partition coefficient (Wildman–Crippen LogP) is 2.62. The quantitative estimate of drug-likeness (QED) is 0.514. The zero-order valence-corrected chi connectivity index (χ0v) is 11.8. The zero-order valence-electron chi connectivity index (χ0n) is 11.0. The van der Waals surface area contributed by atoms with Gasteiger partial charge in [-0.15, -0.1) is 0 Å². The van der Waals surface area contributed by atoms with E-state index in [0.717, 1.165) is 0 Å². The molecule has 0 aliphatic carbocycles. The van der Waals surface area contributed by atoms with Gasteiger partial charge in [-0.05, 0) is 37.3 Å². The maximum Gasteiger partial charge on any atom is 0.293 e. The number of nitrogens with zero attached hydrogens (tertiary/aromatic N) is 1. The number of nitrogens with one attached hydrogen (secondary N) is 2. The number of carbonyl (C=O) groups excluding carboxylic acids is 1. The van der Waals surface area contributed by atoms with Crippen LogP contribution in [0.4, 0.5) is 11.4 Å². The van der Waals surface area contributed by atoms with Crippen molar-refractivity contribution in [2.45, 2.75) is 6.92 Å². The van der Waals surface area contributed by atoms with Crippen molar-refractivity contribution in [1.82, 2.24) is 5.32 Å². The summed E-state index contributed by atoms with van der Waals surface area (Å²) in [5.74, 6) is -0.379. The summed E-state index contributed by atoms with van der Waals surface area (Å²) in [7, 11) is 0. The lowest BCUT2D eigenvalue weighted by atomic mass is 10.1. The molecule has 2 rings (SSSR count). The first-order chi connectivity index (χ1) is 9.99. The van der Waals surface area contributed by atoms with E-state index in [2.05, 4.69) is 10.6 Å². The molecule has 0 saturated carbocycles. The van der Waals surface area contributed by atoms with Gasteiger partial charge in [0.25, 0.3) is 11.6 Å². The number of hydrogen-bond acceptors (Lipinski definition) is 5. The Kier molecular flexibility index (Phi) is 4.29. The van der Waals surface area contributed by atoms with Crippen molar-refractivity contribution in [2.75, 3.05) is 5.32 Å². The van der Waals surface area contributed by atoms with Crippen molar-refractivity contribution < 1.29 is 14.1 Å². The van der Waals surface area contributed by atoms with Crippen LogP contribution in [0.5, 0.6) is 0 Å². The minimum absolute atomic E-state index is 0.0276. The van der Waals surface area contributed by atoms with Gasteiger partial charge in [0.1, 0.15) is 0 Å². The van der Waals surface area contributed by atoms with E-state index in [-0.39, 0.29) is 16.6 Å². The van der Waals surface area contributed by atoms with Gasteiger partial charge in [-0.25, -0.2) is 0 Å². The Labute approximate surface area is 125 Å². The van der Waals surface area contributed by atoms with Crippen LogP contribution < -0.4 is 10.6 Å². The standard InChI is InChI=1S/C13H11N3O4S/c1-8-9(4-2-5-10(8)16(18)19)14-13(21)15-12(17)11-6-3-7-20-11/h2-7H,1H3,(H2,14,15,17,21). The van der Waals surface area contributed by atoms with Crippen LogP contribution >= 0.6 is 12.2 Å². The Bertz CT molecular complexity index is 697. The monoisotopic (exact) mass is 305 g/mol. The minimum Gasteiger partial charge on any atom is -0.459 e. The van der Waals surface area contributed by atoms with E-state index < -0.39 is 10.8 Å². The lowest BCUT2D eigenvalue weighted by Crippen LogP contribution is -2.34. The van der Waals surface area contributed by atoms with Gasteiger partial charge in [0.15, 0.2) is 10.9 Å². The first kappa shape index (κ1) is 14.7. The van der Waals surface area contributed by atoms with Gasteiger partial charge < -0.3 is 9.73 Å². The second-order valence-corrected chi connectivity index (χ2v) is 4.50. The van der Waals surface area contributed by atoms with Gasteiger partial charge in [0, 0.05) is 6.07 Å². The van der Waals surface area contributed by atoms with Crippen molar-refractivity contribution in [2.24, 2.45) is 0 Å². The summed E-state index contributed by atoms with van der Waals surface area (Å²) in [5, 5.41) is 16.1. The second kappa shape index (κ2) is 6.14. The van der Waals surface area contributed by atoms with E-state index in [0.29, 0.717) is 11.3 Å². The molecule has 8 heteroatoms. The molecular formula is C13H11N3O4S. The summed E-state index contributed by atoms with van der Waals surface area (Å²) in [6.45, 7) is 1.59. The van der Waals surface area contributed by atoms with E-state index in [4.69, 9.17) is 16.6 Å². The summed E-state index contributed by atoms with van der Waals surface area (Å²) in [6.07, 6.45) is 1.37. The van der Waals surface area contributed by atoms with Crippen LogP contribution in [0.15, 0.2) is 41.0 Å². The first-order valence-electron chi connectivity index (χ1n) is 5.89. The van der Waals surface area contributed by atoms with E-state index in [1.807, 2.05) is 0 Å². The van der Waals surface area contributed by atoms with Crippen molar-refractivity contribution >= 4 is 34.6 Å². The number of amides is 1. The highest BCUT2D eigenvalue weighted by atomic mass is 32.1. The fourth-order valence-electron chi connectivity index (χ4n) is 1.68. The molecule has 0 saturated heterocycles. The molecule has 7 nitrogen and oxygen atoms in total. The first-order valence-corrected chi connectivity index (χ1v) is 6.29. The average molecular weight is 305 g/mol. The normalized spacial score (nSPS) is 9.95. The van der Waals surface area contributed by atoms with Gasteiger partial charge in [0.2, 0.25) is 0 Å². The number of hydrogen-bond donors (Lipinski definition) is 2. The number of anilines is 1. The molecule has 0 aliphatic heterocycles. The number of nitro groups is 1. The predicted molar refractivity (Wildman–Crippen MR) is 80.2 cm³/mol. The van der Waals surface area contributed by atoms with Crippen molar-refractivity contribution in [3.05, 3.63) is 58.0 Å².